The van der Waals surface area contributed by atoms with Gasteiger partial charge in [0.1, 0.15) is 11.8 Å². The summed E-state index contributed by atoms with van der Waals surface area (Å²) in [5.74, 6) is 0.362. The maximum Gasteiger partial charge on any atom is 0.261 e. The minimum atomic E-state index is -0.666. The Morgan fingerprint density at radius 2 is 1.62 bits per heavy atom. The molecule has 0 heterocycles. The molecule has 0 aromatic heterocycles. The first kappa shape index (κ1) is 28.9. The number of hydrogen-bond acceptors (Lipinski definition) is 3. The van der Waals surface area contributed by atoms with Crippen molar-refractivity contribution in [2.45, 2.75) is 76.9 Å². The Morgan fingerprint density at radius 3 is 2.31 bits per heavy atom. The van der Waals surface area contributed by atoms with Gasteiger partial charge in [0.05, 0.1) is 0 Å². The van der Waals surface area contributed by atoms with Crippen molar-refractivity contribution in [2.75, 3.05) is 6.61 Å². The van der Waals surface area contributed by atoms with E-state index < -0.39 is 6.04 Å². The Kier molecular flexibility index (Phi) is 9.84. The molecular weight excluding hydrogens is 552 g/mol. The zero-order valence-corrected chi connectivity index (χ0v) is 24.7. The quantitative estimate of drug-likeness (QED) is 0.282. The Hall–Kier alpha value is -3.12. The molecule has 0 spiro atoms. The molecule has 0 aliphatic heterocycles. The summed E-state index contributed by atoms with van der Waals surface area (Å²) in [7, 11) is 0. The van der Waals surface area contributed by atoms with E-state index in [0.717, 1.165) is 46.8 Å². The van der Waals surface area contributed by atoms with E-state index in [9.17, 15) is 9.59 Å². The zero-order chi connectivity index (χ0) is 27.8. The number of amides is 2. The minimum absolute atomic E-state index is 0.107. The molecule has 0 bridgehead atoms. The highest BCUT2D eigenvalue weighted by molar-refractivity contribution is 9.10. The molecule has 0 radical (unpaired) electrons. The summed E-state index contributed by atoms with van der Waals surface area (Å²) < 4.78 is 7.08. The van der Waals surface area contributed by atoms with Gasteiger partial charge in [-0.2, -0.15) is 0 Å². The summed E-state index contributed by atoms with van der Waals surface area (Å²) in [6, 6.07) is 25.1. The lowest BCUT2D eigenvalue weighted by molar-refractivity contribution is -0.143. The van der Waals surface area contributed by atoms with Gasteiger partial charge in [-0.15, -0.1) is 0 Å². The van der Waals surface area contributed by atoms with Crippen molar-refractivity contribution in [3.63, 3.8) is 0 Å². The molecule has 1 aliphatic carbocycles. The van der Waals surface area contributed by atoms with Gasteiger partial charge in [0.15, 0.2) is 6.61 Å². The summed E-state index contributed by atoms with van der Waals surface area (Å²) in [6.07, 6.45) is 4.63. The molecule has 0 saturated heterocycles. The predicted octanol–water partition coefficient (Wildman–Crippen LogP) is 6.82. The maximum atomic E-state index is 13.9. The molecule has 6 heteroatoms. The summed E-state index contributed by atoms with van der Waals surface area (Å²) in [5.41, 5.74) is 2.86. The Balaban J connectivity index is 1.64. The molecule has 1 aliphatic rings. The van der Waals surface area contributed by atoms with Crippen molar-refractivity contribution >= 4 is 27.7 Å². The van der Waals surface area contributed by atoms with E-state index in [1.54, 1.807) is 4.90 Å². The second-order valence-corrected chi connectivity index (χ2v) is 12.3. The molecule has 1 atom stereocenters. The molecule has 5 nitrogen and oxygen atoms in total. The lowest BCUT2D eigenvalue weighted by atomic mass is 9.86. The number of ether oxygens (including phenoxy) is 1. The number of para-hydroxylation sites is 1. The minimum Gasteiger partial charge on any atom is -0.483 e. The first-order valence-corrected chi connectivity index (χ1v) is 14.6. The van der Waals surface area contributed by atoms with Crippen LogP contribution in [0.25, 0.3) is 0 Å². The van der Waals surface area contributed by atoms with Gasteiger partial charge >= 0.3 is 0 Å². The van der Waals surface area contributed by atoms with Crippen LogP contribution in [0.15, 0.2) is 83.3 Å². The first-order chi connectivity index (χ1) is 18.7. The summed E-state index contributed by atoms with van der Waals surface area (Å²) in [4.78, 5) is 29.5. The average molecular weight is 592 g/mol. The van der Waals surface area contributed by atoms with Crippen molar-refractivity contribution in [2.24, 2.45) is 0 Å². The van der Waals surface area contributed by atoms with Gasteiger partial charge in [0.25, 0.3) is 5.91 Å². The fourth-order valence-electron chi connectivity index (χ4n) is 5.19. The van der Waals surface area contributed by atoms with Gasteiger partial charge in [-0.3, -0.25) is 9.59 Å². The van der Waals surface area contributed by atoms with E-state index in [2.05, 4.69) is 42.0 Å². The van der Waals surface area contributed by atoms with Crippen LogP contribution in [-0.4, -0.2) is 35.4 Å². The smallest absolute Gasteiger partial charge is 0.261 e. The largest absolute Gasteiger partial charge is 0.483 e. The first-order valence-electron chi connectivity index (χ1n) is 13.8. The van der Waals surface area contributed by atoms with E-state index in [-0.39, 0.29) is 29.9 Å². The second kappa shape index (κ2) is 13.3. The van der Waals surface area contributed by atoms with Crippen LogP contribution in [0.4, 0.5) is 0 Å². The Morgan fingerprint density at radius 1 is 0.949 bits per heavy atom. The molecule has 2 amide bonds. The van der Waals surface area contributed by atoms with E-state index in [0.29, 0.717) is 18.7 Å². The number of hydrogen-bond donors (Lipinski definition) is 1. The Labute approximate surface area is 241 Å². The zero-order valence-electron chi connectivity index (χ0n) is 23.2. The number of nitrogens with one attached hydrogen (secondary N) is 1. The highest BCUT2D eigenvalue weighted by atomic mass is 79.9. The van der Waals surface area contributed by atoms with E-state index in [4.69, 9.17) is 4.74 Å². The van der Waals surface area contributed by atoms with Crippen molar-refractivity contribution < 1.29 is 14.3 Å². The van der Waals surface area contributed by atoms with Crippen LogP contribution in [0.1, 0.15) is 63.1 Å². The molecule has 4 rings (SSSR count). The molecule has 3 aromatic carbocycles. The highest BCUT2D eigenvalue weighted by Crippen LogP contribution is 2.31. The third-order valence-corrected chi connectivity index (χ3v) is 7.75. The molecule has 1 unspecified atom stereocenters. The summed E-state index contributed by atoms with van der Waals surface area (Å²) in [6.45, 7) is 6.53. The van der Waals surface area contributed by atoms with Gasteiger partial charge in [-0.1, -0.05) is 110 Å². The number of benzene rings is 3. The number of carbonyl (C=O) groups is 2. The van der Waals surface area contributed by atoms with Crippen molar-refractivity contribution in [1.82, 2.24) is 10.2 Å². The highest BCUT2D eigenvalue weighted by Gasteiger charge is 2.32. The van der Waals surface area contributed by atoms with Crippen LogP contribution >= 0.6 is 15.9 Å². The normalized spacial score (nSPS) is 14.6. The van der Waals surface area contributed by atoms with Gasteiger partial charge < -0.3 is 15.0 Å². The molecule has 3 aromatic rings. The van der Waals surface area contributed by atoms with E-state index >= 15 is 0 Å². The monoisotopic (exact) mass is 590 g/mol. The molecule has 206 valence electrons. The van der Waals surface area contributed by atoms with Gasteiger partial charge in [0.2, 0.25) is 5.91 Å². The van der Waals surface area contributed by atoms with Gasteiger partial charge in [-0.05, 0) is 53.1 Å². The van der Waals surface area contributed by atoms with Crippen LogP contribution in [-0.2, 0) is 28.0 Å². The second-order valence-electron chi connectivity index (χ2n) is 11.4. The fraction of sp³-hybridized carbons (Fsp3) is 0.394. The third kappa shape index (κ3) is 8.18. The topological polar surface area (TPSA) is 58.6 Å². The average Bonchev–Trinajstić information content (AvgIpc) is 3.42. The summed E-state index contributed by atoms with van der Waals surface area (Å²) >= 11 is 3.55. The summed E-state index contributed by atoms with van der Waals surface area (Å²) in [5, 5.41) is 3.25. The number of halogens is 1. The van der Waals surface area contributed by atoms with Crippen LogP contribution in [0.5, 0.6) is 5.75 Å². The van der Waals surface area contributed by atoms with Crippen molar-refractivity contribution in [1.29, 1.82) is 0 Å². The van der Waals surface area contributed by atoms with Crippen LogP contribution in [0, 0.1) is 0 Å². The van der Waals surface area contributed by atoms with Crippen molar-refractivity contribution in [3.05, 3.63) is 100 Å². The van der Waals surface area contributed by atoms with Crippen LogP contribution in [0.3, 0.4) is 0 Å². The Bertz CT molecular complexity index is 1250. The van der Waals surface area contributed by atoms with Gasteiger partial charge in [0, 0.05) is 23.5 Å². The number of nitrogens with zero attached hydrogens (tertiary/aromatic N) is 1. The molecule has 1 saturated carbocycles. The molecule has 1 N–H and O–H groups in total. The number of rotatable bonds is 10. The maximum absolute atomic E-state index is 13.9. The lowest BCUT2D eigenvalue weighted by Crippen LogP contribution is -2.53. The predicted molar refractivity (Wildman–Crippen MR) is 160 cm³/mol. The van der Waals surface area contributed by atoms with Crippen LogP contribution < -0.4 is 10.1 Å². The van der Waals surface area contributed by atoms with Crippen LogP contribution in [0.2, 0.25) is 0 Å². The van der Waals surface area contributed by atoms with E-state index in [1.807, 2.05) is 78.9 Å². The van der Waals surface area contributed by atoms with Crippen molar-refractivity contribution in [3.8, 4) is 5.75 Å². The van der Waals surface area contributed by atoms with Gasteiger partial charge in [-0.25, -0.2) is 0 Å². The lowest BCUT2D eigenvalue weighted by Gasteiger charge is -2.32. The molecule has 39 heavy (non-hydrogen) atoms. The standard InChI is InChI=1S/C33H39BrN2O3/c1-33(2,3)28-18-9-10-19-30(28)39-23-31(37)36(22-25-14-11-15-26(34)20-25)29(21-24-12-5-4-6-13-24)32(38)35-27-16-7-8-17-27/h4-6,9-15,18-20,27,29H,7-8,16-17,21-23H2,1-3H3,(H,35,38). The fourth-order valence-corrected chi connectivity index (χ4v) is 5.63. The molecular formula is C33H39BrN2O3. The third-order valence-electron chi connectivity index (χ3n) is 7.26. The number of carbonyl (C=O) groups excluding carboxylic acids is 2. The SMILES string of the molecule is CC(C)(C)c1ccccc1OCC(=O)N(Cc1cccc(Br)c1)C(Cc1ccccc1)C(=O)NC1CCCC1. The van der Waals surface area contributed by atoms with E-state index in [1.165, 1.54) is 0 Å². The molecule has 1 fully saturated rings.